The summed E-state index contributed by atoms with van der Waals surface area (Å²) in [6.07, 6.45) is 2.78. The highest BCUT2D eigenvalue weighted by atomic mass is 32.1. The zero-order valence-corrected chi connectivity index (χ0v) is 17.3. The lowest BCUT2D eigenvalue weighted by atomic mass is 10.1. The average Bonchev–Trinajstić information content (AvgIpc) is 3.18. The third kappa shape index (κ3) is 4.05. The molecule has 3 aromatic heterocycles. The van der Waals surface area contributed by atoms with E-state index in [9.17, 15) is 4.79 Å². The maximum absolute atomic E-state index is 12.6. The molecule has 4 heterocycles. The minimum absolute atomic E-state index is 0.110. The van der Waals surface area contributed by atoms with Gasteiger partial charge in [-0.3, -0.25) is 14.7 Å². The molecule has 6 nitrogen and oxygen atoms in total. The Balaban J connectivity index is 1.37. The number of H-pyrrole nitrogens is 1. The van der Waals surface area contributed by atoms with E-state index in [-0.39, 0.29) is 11.7 Å². The second kappa shape index (κ2) is 8.47. The monoisotopic (exact) mass is 418 g/mol. The second-order valence-corrected chi connectivity index (χ2v) is 8.37. The van der Waals surface area contributed by atoms with Crippen molar-refractivity contribution in [2.24, 2.45) is 0 Å². The van der Waals surface area contributed by atoms with E-state index < -0.39 is 0 Å². The molecule has 4 aromatic rings. The quantitative estimate of drug-likeness (QED) is 0.537. The van der Waals surface area contributed by atoms with Gasteiger partial charge in [0.1, 0.15) is 10.4 Å². The van der Waals surface area contributed by atoms with Crippen molar-refractivity contribution < 1.29 is 4.74 Å². The smallest absolute Gasteiger partial charge is 0.269 e. The van der Waals surface area contributed by atoms with Gasteiger partial charge in [0.05, 0.1) is 18.2 Å². The first kappa shape index (κ1) is 19.1. The number of benzene rings is 1. The number of pyridine rings is 1. The van der Waals surface area contributed by atoms with Gasteiger partial charge in [-0.2, -0.15) is 0 Å². The fourth-order valence-corrected chi connectivity index (χ4v) is 4.77. The lowest BCUT2D eigenvalue weighted by molar-refractivity contribution is -0.0303. The first-order chi connectivity index (χ1) is 14.8. The van der Waals surface area contributed by atoms with Gasteiger partial charge in [0.2, 0.25) is 0 Å². The van der Waals surface area contributed by atoms with Gasteiger partial charge in [-0.05, 0) is 29.5 Å². The molecular formula is C23H22N4O2S. The molecule has 0 bridgehead atoms. The highest BCUT2D eigenvalue weighted by molar-refractivity contribution is 7.17. The van der Waals surface area contributed by atoms with Gasteiger partial charge in [0.15, 0.2) is 5.82 Å². The molecule has 30 heavy (non-hydrogen) atoms. The van der Waals surface area contributed by atoms with Crippen molar-refractivity contribution in [1.29, 1.82) is 0 Å². The molecule has 0 spiro atoms. The summed E-state index contributed by atoms with van der Waals surface area (Å²) >= 11 is 1.45. The molecule has 1 aromatic carbocycles. The van der Waals surface area contributed by atoms with E-state index in [1.54, 1.807) is 6.20 Å². The fraction of sp³-hybridized carbons (Fsp3) is 0.261. The summed E-state index contributed by atoms with van der Waals surface area (Å²) in [6, 6.07) is 16.0. The number of ether oxygens (including phenoxy) is 1. The Kier molecular flexibility index (Phi) is 5.40. The van der Waals surface area contributed by atoms with E-state index in [4.69, 9.17) is 9.72 Å². The number of morpholine rings is 1. The van der Waals surface area contributed by atoms with Crippen LogP contribution in [0.2, 0.25) is 0 Å². The van der Waals surface area contributed by atoms with Crippen LogP contribution in [0.25, 0.3) is 21.7 Å². The molecule has 0 aliphatic carbocycles. The topological polar surface area (TPSA) is 71.1 Å². The first-order valence-electron chi connectivity index (χ1n) is 10.1. The Hall–Kier alpha value is -2.87. The Labute approximate surface area is 178 Å². The SMILES string of the molecule is O=c1[nH]c(-c2ccccn2)nc2c(CN3CCOC(Cc4ccccc4)C3)csc12. The minimum atomic E-state index is -0.110. The molecule has 0 amide bonds. The predicted molar refractivity (Wildman–Crippen MR) is 119 cm³/mol. The molecule has 7 heteroatoms. The molecule has 0 saturated carbocycles. The van der Waals surface area contributed by atoms with Crippen LogP contribution in [0.1, 0.15) is 11.1 Å². The van der Waals surface area contributed by atoms with Crippen LogP contribution in [-0.4, -0.2) is 45.7 Å². The molecule has 1 aliphatic heterocycles. The number of aromatic nitrogens is 3. The van der Waals surface area contributed by atoms with Crippen molar-refractivity contribution in [3.05, 3.63) is 81.6 Å². The molecule has 5 rings (SSSR count). The number of hydrogen-bond acceptors (Lipinski definition) is 6. The molecule has 0 radical (unpaired) electrons. The van der Waals surface area contributed by atoms with Gasteiger partial charge < -0.3 is 9.72 Å². The lowest BCUT2D eigenvalue weighted by Gasteiger charge is -2.32. The Morgan fingerprint density at radius 2 is 2.03 bits per heavy atom. The third-order valence-electron chi connectivity index (χ3n) is 5.33. The van der Waals surface area contributed by atoms with Crippen LogP contribution in [0.15, 0.2) is 64.9 Å². The maximum Gasteiger partial charge on any atom is 0.269 e. The molecule has 152 valence electrons. The zero-order valence-electron chi connectivity index (χ0n) is 16.5. The Morgan fingerprint density at radius 1 is 1.17 bits per heavy atom. The number of nitrogens with one attached hydrogen (secondary N) is 1. The summed E-state index contributed by atoms with van der Waals surface area (Å²) < 4.78 is 6.66. The summed E-state index contributed by atoms with van der Waals surface area (Å²) in [6.45, 7) is 3.21. The summed E-state index contributed by atoms with van der Waals surface area (Å²) in [7, 11) is 0. The van der Waals surface area contributed by atoms with Crippen molar-refractivity contribution in [2.45, 2.75) is 19.1 Å². The van der Waals surface area contributed by atoms with E-state index in [1.165, 1.54) is 16.9 Å². The third-order valence-corrected chi connectivity index (χ3v) is 6.35. The molecule has 1 unspecified atom stereocenters. The molecule has 1 saturated heterocycles. The van der Waals surface area contributed by atoms with Crippen molar-refractivity contribution >= 4 is 21.6 Å². The zero-order chi connectivity index (χ0) is 20.3. The normalized spacial score (nSPS) is 17.4. The summed E-state index contributed by atoms with van der Waals surface area (Å²) in [4.78, 5) is 26.9. The van der Waals surface area contributed by atoms with Crippen LogP contribution in [0.4, 0.5) is 0 Å². The molecule has 1 N–H and O–H groups in total. The van der Waals surface area contributed by atoms with Crippen molar-refractivity contribution in [2.75, 3.05) is 19.7 Å². The van der Waals surface area contributed by atoms with Crippen LogP contribution < -0.4 is 5.56 Å². The Bertz CT molecular complexity index is 1190. The second-order valence-electron chi connectivity index (χ2n) is 7.49. The highest BCUT2D eigenvalue weighted by Gasteiger charge is 2.22. The number of aromatic amines is 1. The maximum atomic E-state index is 12.6. The molecule has 1 fully saturated rings. The standard InChI is InChI=1S/C23H22N4O2S/c28-23-21-20(25-22(26-23)19-8-4-5-9-24-19)17(15-30-21)13-27-10-11-29-18(14-27)12-16-6-2-1-3-7-16/h1-9,15,18H,10-14H2,(H,25,26,28). The minimum Gasteiger partial charge on any atom is -0.375 e. The number of fused-ring (bicyclic) bond motifs is 1. The number of thiophene rings is 1. The summed E-state index contributed by atoms with van der Waals surface area (Å²) in [5.41, 5.74) is 3.71. The molecular weight excluding hydrogens is 396 g/mol. The van der Waals surface area contributed by atoms with Gasteiger partial charge >= 0.3 is 0 Å². The Morgan fingerprint density at radius 3 is 2.87 bits per heavy atom. The number of hydrogen-bond donors (Lipinski definition) is 1. The van der Waals surface area contributed by atoms with E-state index in [0.29, 0.717) is 22.8 Å². The largest absolute Gasteiger partial charge is 0.375 e. The van der Waals surface area contributed by atoms with E-state index in [0.717, 1.165) is 37.1 Å². The summed E-state index contributed by atoms with van der Waals surface area (Å²) in [5, 5.41) is 2.05. The molecule has 1 aliphatic rings. The van der Waals surface area contributed by atoms with Gasteiger partial charge in [-0.15, -0.1) is 11.3 Å². The van der Waals surface area contributed by atoms with Crippen LogP contribution >= 0.6 is 11.3 Å². The fourth-order valence-electron chi connectivity index (χ4n) is 3.88. The van der Waals surface area contributed by atoms with E-state index in [1.807, 2.05) is 24.3 Å². The van der Waals surface area contributed by atoms with Crippen LogP contribution in [-0.2, 0) is 17.7 Å². The average molecular weight is 419 g/mol. The van der Waals surface area contributed by atoms with Crippen molar-refractivity contribution in [3.63, 3.8) is 0 Å². The highest BCUT2D eigenvalue weighted by Crippen LogP contribution is 2.25. The van der Waals surface area contributed by atoms with Gasteiger partial charge in [-0.1, -0.05) is 36.4 Å². The van der Waals surface area contributed by atoms with E-state index in [2.05, 4.69) is 44.5 Å². The number of nitrogens with zero attached hydrogens (tertiary/aromatic N) is 3. The van der Waals surface area contributed by atoms with Crippen LogP contribution in [0.5, 0.6) is 0 Å². The van der Waals surface area contributed by atoms with Crippen molar-refractivity contribution in [1.82, 2.24) is 19.9 Å². The van der Waals surface area contributed by atoms with Crippen molar-refractivity contribution in [3.8, 4) is 11.5 Å². The lowest BCUT2D eigenvalue weighted by Crippen LogP contribution is -2.42. The summed E-state index contributed by atoms with van der Waals surface area (Å²) in [5.74, 6) is 0.511. The first-order valence-corrected chi connectivity index (χ1v) is 10.9. The van der Waals surface area contributed by atoms with E-state index >= 15 is 0 Å². The number of rotatable bonds is 5. The van der Waals surface area contributed by atoms with Crippen LogP contribution in [0, 0.1) is 0 Å². The van der Waals surface area contributed by atoms with Gasteiger partial charge in [0.25, 0.3) is 5.56 Å². The van der Waals surface area contributed by atoms with Gasteiger partial charge in [0, 0.05) is 31.4 Å². The van der Waals surface area contributed by atoms with Crippen LogP contribution in [0.3, 0.4) is 0 Å². The molecule has 1 atom stereocenters. The van der Waals surface area contributed by atoms with Gasteiger partial charge in [-0.25, -0.2) is 4.98 Å². The predicted octanol–water partition coefficient (Wildman–Crippen LogP) is 3.49.